The van der Waals surface area contributed by atoms with Gasteiger partial charge < -0.3 is 19.3 Å². The Morgan fingerprint density at radius 2 is 1.77 bits per heavy atom. The van der Waals surface area contributed by atoms with Gasteiger partial charge in [-0.05, 0) is 49.2 Å². The summed E-state index contributed by atoms with van der Waals surface area (Å²) in [6, 6.07) is 11.9. The van der Waals surface area contributed by atoms with E-state index >= 15 is 0 Å². The molecule has 2 heterocycles. The van der Waals surface area contributed by atoms with Crippen molar-refractivity contribution in [3.63, 3.8) is 0 Å². The second-order valence-corrected chi connectivity index (χ2v) is 6.76. The highest BCUT2D eigenvalue weighted by molar-refractivity contribution is 5.77. The average Bonchev–Trinajstić information content (AvgIpc) is 3.17. The first-order valence-electron chi connectivity index (χ1n) is 8.72. The summed E-state index contributed by atoms with van der Waals surface area (Å²) in [5.74, 6) is 0.562. The highest BCUT2D eigenvalue weighted by Crippen LogP contribution is 2.20. The smallest absolute Gasteiger partial charge is 0.135 e. The van der Waals surface area contributed by atoms with Crippen molar-refractivity contribution in [2.75, 3.05) is 0 Å². The van der Waals surface area contributed by atoms with E-state index in [1.165, 1.54) is 11.1 Å². The van der Waals surface area contributed by atoms with Crippen LogP contribution < -0.4 is 0 Å². The van der Waals surface area contributed by atoms with E-state index in [2.05, 4.69) is 35.9 Å². The van der Waals surface area contributed by atoms with Crippen LogP contribution in [0, 0.1) is 13.8 Å². The van der Waals surface area contributed by atoms with Crippen molar-refractivity contribution in [3.05, 3.63) is 59.7 Å². The molecule has 6 nitrogen and oxygen atoms in total. The van der Waals surface area contributed by atoms with Crippen LogP contribution in [0.5, 0.6) is 0 Å². The summed E-state index contributed by atoms with van der Waals surface area (Å²) in [5.41, 5.74) is 6.10. The van der Waals surface area contributed by atoms with Crippen molar-refractivity contribution in [2.24, 2.45) is 0 Å². The lowest BCUT2D eigenvalue weighted by Gasteiger charge is -2.15. The second-order valence-electron chi connectivity index (χ2n) is 6.76. The first-order chi connectivity index (χ1) is 12.6. The molecule has 0 amide bonds. The normalized spacial score (nSPS) is 12.9. The summed E-state index contributed by atoms with van der Waals surface area (Å²) in [6.45, 7) is 4.78. The molecule has 0 spiro atoms. The lowest BCUT2D eigenvalue weighted by molar-refractivity contribution is 0.133. The Morgan fingerprint density at radius 3 is 2.58 bits per heavy atom. The van der Waals surface area contributed by atoms with E-state index in [1.54, 1.807) is 6.33 Å². The Hall–Kier alpha value is -2.70. The Morgan fingerprint density at radius 1 is 1.00 bits per heavy atom. The van der Waals surface area contributed by atoms with Crippen molar-refractivity contribution in [2.45, 2.75) is 39.6 Å². The lowest BCUT2D eigenvalue weighted by Crippen LogP contribution is -2.23. The number of para-hydroxylation sites is 2. The van der Waals surface area contributed by atoms with E-state index in [0.717, 1.165) is 22.1 Å². The van der Waals surface area contributed by atoms with Crippen LogP contribution in [-0.2, 0) is 19.7 Å². The maximum absolute atomic E-state index is 10.7. The van der Waals surface area contributed by atoms with Crippen LogP contribution in [0.1, 0.15) is 17.0 Å². The number of aliphatic hydroxyl groups excluding tert-OH is 2. The maximum Gasteiger partial charge on any atom is 0.135 e. The minimum atomic E-state index is -0.628. The van der Waals surface area contributed by atoms with E-state index in [0.29, 0.717) is 18.9 Å². The third-order valence-corrected chi connectivity index (χ3v) is 4.91. The molecule has 1 atom stereocenters. The van der Waals surface area contributed by atoms with Crippen LogP contribution in [0.15, 0.2) is 42.7 Å². The molecule has 0 aliphatic rings. The van der Waals surface area contributed by atoms with Gasteiger partial charge in [-0.3, -0.25) is 0 Å². The van der Waals surface area contributed by atoms with E-state index in [1.807, 2.05) is 33.4 Å². The third kappa shape index (κ3) is 2.87. The molecule has 0 saturated carbocycles. The van der Waals surface area contributed by atoms with Crippen LogP contribution in [0.25, 0.3) is 22.1 Å². The molecule has 0 radical (unpaired) electrons. The summed E-state index contributed by atoms with van der Waals surface area (Å²) in [6.07, 6.45) is 1.14. The number of rotatable bonds is 5. The molecule has 0 bridgehead atoms. The zero-order valence-electron chi connectivity index (χ0n) is 14.9. The molecular formula is C20H22N4O2. The van der Waals surface area contributed by atoms with E-state index in [9.17, 15) is 10.2 Å². The van der Waals surface area contributed by atoms with Gasteiger partial charge in [0, 0.05) is 0 Å². The standard InChI is InChI=1S/C20H22N4O2/c1-13-7-17-19(8-14(13)2)23(12-21-17)9-15(26)10-24-18-6-4-3-5-16(18)22-20(24)11-25/h3-8,12,15,25-26H,9-11H2,1-2H3/t15-/m0/s1. The molecule has 2 aromatic carbocycles. The topological polar surface area (TPSA) is 76.1 Å². The van der Waals surface area contributed by atoms with Crippen molar-refractivity contribution in [1.82, 2.24) is 19.1 Å². The fourth-order valence-corrected chi connectivity index (χ4v) is 3.40. The lowest BCUT2D eigenvalue weighted by atomic mass is 10.1. The molecule has 6 heteroatoms. The predicted molar refractivity (Wildman–Crippen MR) is 101 cm³/mol. The summed E-state index contributed by atoms with van der Waals surface area (Å²) in [7, 11) is 0. The minimum absolute atomic E-state index is 0.159. The van der Waals surface area contributed by atoms with Gasteiger partial charge in [0.2, 0.25) is 0 Å². The summed E-state index contributed by atoms with van der Waals surface area (Å²) >= 11 is 0. The Kier molecular flexibility index (Phi) is 4.22. The van der Waals surface area contributed by atoms with Gasteiger partial charge >= 0.3 is 0 Å². The number of benzene rings is 2. The van der Waals surface area contributed by atoms with Gasteiger partial charge in [-0.15, -0.1) is 0 Å². The van der Waals surface area contributed by atoms with Crippen LogP contribution in [-0.4, -0.2) is 35.4 Å². The van der Waals surface area contributed by atoms with Crippen molar-refractivity contribution in [1.29, 1.82) is 0 Å². The molecule has 4 rings (SSSR count). The highest BCUT2D eigenvalue weighted by atomic mass is 16.3. The zero-order chi connectivity index (χ0) is 18.3. The number of nitrogens with zero attached hydrogens (tertiary/aromatic N) is 4. The van der Waals surface area contributed by atoms with Crippen molar-refractivity contribution < 1.29 is 10.2 Å². The van der Waals surface area contributed by atoms with Gasteiger partial charge in [0.15, 0.2) is 0 Å². The van der Waals surface area contributed by atoms with Gasteiger partial charge in [0.1, 0.15) is 12.4 Å². The van der Waals surface area contributed by atoms with E-state index in [-0.39, 0.29) is 6.61 Å². The van der Waals surface area contributed by atoms with Gasteiger partial charge in [-0.2, -0.15) is 0 Å². The number of fused-ring (bicyclic) bond motifs is 2. The molecule has 134 valence electrons. The number of aryl methyl sites for hydroxylation is 2. The molecule has 2 N–H and O–H groups in total. The first-order valence-corrected chi connectivity index (χ1v) is 8.72. The van der Waals surface area contributed by atoms with Gasteiger partial charge in [0.05, 0.1) is 47.6 Å². The molecule has 0 aliphatic heterocycles. The predicted octanol–water partition coefficient (Wildman–Crippen LogP) is 2.56. The van der Waals surface area contributed by atoms with Crippen molar-refractivity contribution in [3.8, 4) is 0 Å². The molecule has 26 heavy (non-hydrogen) atoms. The number of imidazole rings is 2. The van der Waals surface area contributed by atoms with Gasteiger partial charge in [-0.25, -0.2) is 9.97 Å². The SMILES string of the molecule is Cc1cc2ncn(C[C@H](O)Cn3c(CO)nc4ccccc43)c2cc1C. The summed E-state index contributed by atoms with van der Waals surface area (Å²) < 4.78 is 3.86. The molecule has 4 aromatic rings. The van der Waals surface area contributed by atoms with Gasteiger partial charge in [0.25, 0.3) is 0 Å². The fraction of sp³-hybridized carbons (Fsp3) is 0.300. The van der Waals surface area contributed by atoms with Crippen LogP contribution in [0.2, 0.25) is 0 Å². The molecular weight excluding hydrogens is 328 g/mol. The van der Waals surface area contributed by atoms with E-state index in [4.69, 9.17) is 0 Å². The highest BCUT2D eigenvalue weighted by Gasteiger charge is 2.15. The fourth-order valence-electron chi connectivity index (χ4n) is 3.40. The van der Waals surface area contributed by atoms with Gasteiger partial charge in [-0.1, -0.05) is 12.1 Å². The first kappa shape index (κ1) is 16.8. The average molecular weight is 350 g/mol. The Bertz CT molecular complexity index is 1080. The zero-order valence-corrected chi connectivity index (χ0v) is 14.9. The molecule has 0 unspecified atom stereocenters. The van der Waals surface area contributed by atoms with Crippen LogP contribution in [0.4, 0.5) is 0 Å². The molecule has 0 fully saturated rings. The maximum atomic E-state index is 10.7. The number of hydrogen-bond donors (Lipinski definition) is 2. The Labute approximate surface area is 151 Å². The molecule has 0 saturated heterocycles. The molecule has 0 aliphatic carbocycles. The monoisotopic (exact) mass is 350 g/mol. The quantitative estimate of drug-likeness (QED) is 0.580. The third-order valence-electron chi connectivity index (χ3n) is 4.91. The van der Waals surface area contributed by atoms with Crippen LogP contribution >= 0.6 is 0 Å². The largest absolute Gasteiger partial charge is 0.389 e. The Balaban J connectivity index is 1.62. The second kappa shape index (κ2) is 6.55. The van der Waals surface area contributed by atoms with Crippen LogP contribution in [0.3, 0.4) is 0 Å². The number of aliphatic hydroxyl groups is 2. The summed E-state index contributed by atoms with van der Waals surface area (Å²) in [4.78, 5) is 8.88. The molecule has 2 aromatic heterocycles. The van der Waals surface area contributed by atoms with Crippen molar-refractivity contribution >= 4 is 22.1 Å². The number of aromatic nitrogens is 4. The number of hydrogen-bond acceptors (Lipinski definition) is 4. The summed E-state index contributed by atoms with van der Waals surface area (Å²) in [5, 5.41) is 20.3. The van der Waals surface area contributed by atoms with E-state index < -0.39 is 6.10 Å². The minimum Gasteiger partial charge on any atom is -0.389 e.